The second-order valence-electron chi connectivity index (χ2n) is 4.97. The summed E-state index contributed by atoms with van der Waals surface area (Å²) in [5, 5.41) is 11.4. The highest BCUT2D eigenvalue weighted by atomic mass is 19.3. The first-order valence-corrected chi connectivity index (χ1v) is 6.18. The summed E-state index contributed by atoms with van der Waals surface area (Å²) in [6, 6.07) is 2.75. The Morgan fingerprint density at radius 1 is 1.33 bits per heavy atom. The quantitative estimate of drug-likeness (QED) is 0.785. The Kier molecular flexibility index (Phi) is 3.66. The van der Waals surface area contributed by atoms with Gasteiger partial charge >= 0.3 is 5.92 Å². The topological polar surface area (TPSA) is 92.4 Å². The number of alkyl halides is 2. The molecular formula is C13H13F3N2O3. The van der Waals surface area contributed by atoms with Gasteiger partial charge in [0.2, 0.25) is 0 Å². The van der Waals surface area contributed by atoms with Crippen molar-refractivity contribution in [2.75, 3.05) is 5.32 Å². The lowest BCUT2D eigenvalue weighted by atomic mass is 9.75. The largest absolute Gasteiger partial charge is 0.383 e. The zero-order valence-corrected chi connectivity index (χ0v) is 10.8. The van der Waals surface area contributed by atoms with Crippen molar-refractivity contribution in [2.45, 2.75) is 30.8 Å². The van der Waals surface area contributed by atoms with Crippen LogP contribution in [0.3, 0.4) is 0 Å². The molecular weight excluding hydrogens is 289 g/mol. The molecule has 2 amide bonds. The molecule has 1 aromatic carbocycles. The van der Waals surface area contributed by atoms with Crippen LogP contribution < -0.4 is 11.1 Å². The Bertz CT molecular complexity index is 600. The van der Waals surface area contributed by atoms with E-state index in [9.17, 15) is 27.9 Å². The lowest BCUT2D eigenvalue weighted by Gasteiger charge is -2.41. The van der Waals surface area contributed by atoms with Crippen molar-refractivity contribution in [2.24, 2.45) is 5.73 Å². The summed E-state index contributed by atoms with van der Waals surface area (Å²) in [4.78, 5) is 22.4. The highest BCUT2D eigenvalue weighted by Crippen LogP contribution is 2.44. The fourth-order valence-electron chi connectivity index (χ4n) is 2.04. The summed E-state index contributed by atoms with van der Waals surface area (Å²) in [5.74, 6) is -7.76. The van der Waals surface area contributed by atoms with Gasteiger partial charge in [-0.05, 0) is 37.5 Å². The number of carbonyl (C=O) groups excluding carboxylic acids is 2. The van der Waals surface area contributed by atoms with Crippen LogP contribution in [0.25, 0.3) is 0 Å². The molecule has 21 heavy (non-hydrogen) atoms. The number of aliphatic hydroxyl groups is 1. The molecule has 0 saturated heterocycles. The van der Waals surface area contributed by atoms with Crippen LogP contribution in [0.2, 0.25) is 0 Å². The van der Waals surface area contributed by atoms with Crippen LogP contribution in [0.4, 0.5) is 18.9 Å². The number of hydrogen-bond acceptors (Lipinski definition) is 3. The molecule has 5 nitrogen and oxygen atoms in total. The molecule has 1 aliphatic rings. The lowest BCUT2D eigenvalue weighted by molar-refractivity contribution is -0.212. The number of halogens is 3. The van der Waals surface area contributed by atoms with E-state index in [1.165, 1.54) is 0 Å². The molecule has 1 fully saturated rings. The van der Waals surface area contributed by atoms with Crippen molar-refractivity contribution in [3.63, 3.8) is 0 Å². The summed E-state index contributed by atoms with van der Waals surface area (Å²) in [7, 11) is 0. The van der Waals surface area contributed by atoms with Crippen LogP contribution in [0.15, 0.2) is 18.2 Å². The molecule has 0 unspecified atom stereocenters. The molecule has 1 aliphatic carbocycles. The molecule has 8 heteroatoms. The molecule has 2 rings (SSSR count). The third-order valence-corrected chi connectivity index (χ3v) is 3.54. The van der Waals surface area contributed by atoms with Crippen LogP contribution in [-0.4, -0.2) is 28.4 Å². The second kappa shape index (κ2) is 5.03. The van der Waals surface area contributed by atoms with E-state index >= 15 is 0 Å². The molecule has 0 aliphatic heterocycles. The molecule has 0 aromatic heterocycles. The van der Waals surface area contributed by atoms with E-state index in [4.69, 9.17) is 5.73 Å². The third-order valence-electron chi connectivity index (χ3n) is 3.54. The normalized spacial score (nSPS) is 17.0. The van der Waals surface area contributed by atoms with Crippen molar-refractivity contribution < 1.29 is 27.9 Å². The Hall–Kier alpha value is -2.09. The summed E-state index contributed by atoms with van der Waals surface area (Å²) < 4.78 is 41.1. The monoisotopic (exact) mass is 302 g/mol. The molecule has 1 aromatic rings. The first-order chi connectivity index (χ1) is 9.67. The second-order valence-corrected chi connectivity index (χ2v) is 4.97. The van der Waals surface area contributed by atoms with Gasteiger partial charge in [-0.3, -0.25) is 9.59 Å². The minimum Gasteiger partial charge on any atom is -0.383 e. The van der Waals surface area contributed by atoms with Crippen LogP contribution >= 0.6 is 0 Å². The number of nitrogens with two attached hydrogens (primary N) is 1. The Balaban J connectivity index is 2.16. The van der Waals surface area contributed by atoms with Gasteiger partial charge in [-0.15, -0.1) is 0 Å². The van der Waals surface area contributed by atoms with Gasteiger partial charge in [-0.2, -0.15) is 8.78 Å². The summed E-state index contributed by atoms with van der Waals surface area (Å²) in [5.41, 5.74) is 1.86. The van der Waals surface area contributed by atoms with Crippen LogP contribution in [0.1, 0.15) is 29.6 Å². The number of amides is 2. The van der Waals surface area contributed by atoms with E-state index in [0.717, 1.165) is 12.1 Å². The maximum atomic E-state index is 13.8. The molecule has 0 spiro atoms. The van der Waals surface area contributed by atoms with Crippen LogP contribution in [-0.2, 0) is 4.79 Å². The van der Waals surface area contributed by atoms with E-state index in [1.807, 2.05) is 5.32 Å². The van der Waals surface area contributed by atoms with Crippen LogP contribution in [0, 0.1) is 5.82 Å². The fourth-order valence-corrected chi connectivity index (χ4v) is 2.04. The van der Waals surface area contributed by atoms with Gasteiger partial charge in [0.15, 0.2) is 0 Å². The molecule has 1 saturated carbocycles. The number of anilines is 1. The summed E-state index contributed by atoms with van der Waals surface area (Å²) >= 11 is 0. The number of benzene rings is 1. The molecule has 0 radical (unpaired) electrons. The predicted octanol–water partition coefficient (Wildman–Crippen LogP) is 1.41. The van der Waals surface area contributed by atoms with Crippen molar-refractivity contribution in [1.29, 1.82) is 0 Å². The number of nitrogens with one attached hydrogen (secondary N) is 1. The van der Waals surface area contributed by atoms with E-state index in [2.05, 4.69) is 0 Å². The standard InChI is InChI=1S/C13H13F3N2O3/c14-9-6-7(2-3-8(9)10(17)19)18-11(20)13(15,16)12(21)4-1-5-12/h2-3,6,21H,1,4-5H2,(H2,17,19)(H,18,20). The van der Waals surface area contributed by atoms with E-state index in [1.54, 1.807) is 0 Å². The van der Waals surface area contributed by atoms with Gasteiger partial charge in [0.1, 0.15) is 11.4 Å². The Morgan fingerprint density at radius 3 is 2.38 bits per heavy atom. The van der Waals surface area contributed by atoms with Gasteiger partial charge in [0.25, 0.3) is 11.8 Å². The minimum atomic E-state index is -3.98. The third kappa shape index (κ3) is 2.58. The number of carbonyl (C=O) groups is 2. The smallest absolute Gasteiger partial charge is 0.352 e. The number of rotatable bonds is 4. The van der Waals surface area contributed by atoms with Gasteiger partial charge in [-0.25, -0.2) is 4.39 Å². The van der Waals surface area contributed by atoms with Crippen molar-refractivity contribution in [1.82, 2.24) is 0 Å². The highest BCUT2D eigenvalue weighted by Gasteiger charge is 2.61. The Morgan fingerprint density at radius 2 is 1.95 bits per heavy atom. The first kappa shape index (κ1) is 15.3. The molecule has 4 N–H and O–H groups in total. The SMILES string of the molecule is NC(=O)c1ccc(NC(=O)C(F)(F)C2(O)CCC2)cc1F. The van der Waals surface area contributed by atoms with Crippen LogP contribution in [0.5, 0.6) is 0 Å². The van der Waals surface area contributed by atoms with E-state index in [-0.39, 0.29) is 18.5 Å². The average molecular weight is 302 g/mol. The Labute approximate surface area is 117 Å². The maximum Gasteiger partial charge on any atom is 0.352 e. The number of hydrogen-bond donors (Lipinski definition) is 3. The average Bonchev–Trinajstić information content (AvgIpc) is 2.35. The van der Waals surface area contributed by atoms with Gasteiger partial charge in [0, 0.05) is 5.69 Å². The van der Waals surface area contributed by atoms with Gasteiger partial charge < -0.3 is 16.2 Å². The summed E-state index contributed by atoms with van der Waals surface area (Å²) in [6.07, 6.45) is 0.0477. The molecule has 0 heterocycles. The van der Waals surface area contributed by atoms with Crippen molar-refractivity contribution >= 4 is 17.5 Å². The zero-order valence-electron chi connectivity index (χ0n) is 10.8. The van der Waals surface area contributed by atoms with Gasteiger partial charge in [-0.1, -0.05) is 0 Å². The zero-order chi connectivity index (χ0) is 15.8. The lowest BCUT2D eigenvalue weighted by Crippen LogP contribution is -2.59. The predicted molar refractivity (Wildman–Crippen MR) is 67.3 cm³/mol. The maximum absolute atomic E-state index is 13.8. The van der Waals surface area contributed by atoms with Crippen molar-refractivity contribution in [3.8, 4) is 0 Å². The fraction of sp³-hybridized carbons (Fsp3) is 0.385. The van der Waals surface area contributed by atoms with E-state index in [0.29, 0.717) is 12.5 Å². The number of primary amides is 1. The first-order valence-electron chi connectivity index (χ1n) is 6.18. The summed E-state index contributed by atoms with van der Waals surface area (Å²) in [6.45, 7) is 0. The van der Waals surface area contributed by atoms with Crippen molar-refractivity contribution in [3.05, 3.63) is 29.6 Å². The molecule has 0 atom stereocenters. The highest BCUT2D eigenvalue weighted by molar-refractivity contribution is 5.98. The molecule has 0 bridgehead atoms. The molecule has 114 valence electrons. The minimum absolute atomic E-state index is 0.178. The van der Waals surface area contributed by atoms with Gasteiger partial charge in [0.05, 0.1) is 5.56 Å². The van der Waals surface area contributed by atoms with E-state index < -0.39 is 34.7 Å².